The molecule has 0 saturated heterocycles. The molecule has 4 aromatic rings. The first-order valence-electron chi connectivity index (χ1n) is 9.57. The van der Waals surface area contributed by atoms with Crippen LogP contribution in [0, 0.1) is 5.82 Å². The molecule has 0 bridgehead atoms. The monoisotopic (exact) mass is 421 g/mol. The first-order chi connectivity index (χ1) is 14.7. The molecule has 4 rings (SSSR count). The van der Waals surface area contributed by atoms with Crippen molar-refractivity contribution in [1.29, 1.82) is 0 Å². The molecule has 0 saturated carbocycles. The summed E-state index contributed by atoms with van der Waals surface area (Å²) >= 11 is 1.57. The minimum atomic E-state index is -0.314. The van der Waals surface area contributed by atoms with Gasteiger partial charge in [0.25, 0.3) is 5.91 Å². The van der Waals surface area contributed by atoms with E-state index in [-0.39, 0.29) is 29.5 Å². The molecule has 1 amide bonds. The van der Waals surface area contributed by atoms with E-state index >= 15 is 0 Å². The highest BCUT2D eigenvalue weighted by atomic mass is 32.1. The van der Waals surface area contributed by atoms with Crippen LogP contribution in [-0.2, 0) is 0 Å². The van der Waals surface area contributed by atoms with Gasteiger partial charge in [0.2, 0.25) is 0 Å². The second kappa shape index (κ2) is 8.96. The van der Waals surface area contributed by atoms with Crippen LogP contribution in [0.1, 0.15) is 51.9 Å². The van der Waals surface area contributed by atoms with Crippen LogP contribution < -0.4 is 5.32 Å². The molecule has 30 heavy (non-hydrogen) atoms. The smallest absolute Gasteiger partial charge is 0.274 e. The average molecular weight is 422 g/mol. The van der Waals surface area contributed by atoms with Crippen molar-refractivity contribution in [3.8, 4) is 0 Å². The van der Waals surface area contributed by atoms with E-state index in [4.69, 9.17) is 0 Å². The molecule has 2 atom stereocenters. The molecule has 152 valence electrons. The quantitative estimate of drug-likeness (QED) is 0.480. The van der Waals surface area contributed by atoms with Gasteiger partial charge in [0, 0.05) is 17.3 Å². The van der Waals surface area contributed by atoms with Crippen molar-refractivity contribution in [3.05, 3.63) is 100 Å². The lowest BCUT2D eigenvalue weighted by Gasteiger charge is -2.17. The number of nitrogens with zero attached hydrogens (tertiary/aromatic N) is 4. The average Bonchev–Trinajstić information content (AvgIpc) is 3.47. The van der Waals surface area contributed by atoms with Crippen molar-refractivity contribution in [3.63, 3.8) is 0 Å². The van der Waals surface area contributed by atoms with Gasteiger partial charge in [-0.05, 0) is 53.3 Å². The maximum atomic E-state index is 13.3. The van der Waals surface area contributed by atoms with Crippen LogP contribution in [0.5, 0.6) is 0 Å². The molecule has 0 aliphatic heterocycles. The van der Waals surface area contributed by atoms with Gasteiger partial charge in [-0.1, -0.05) is 30.3 Å². The molecule has 0 fully saturated rings. The molecular formula is C22H20FN5OS. The van der Waals surface area contributed by atoms with Crippen LogP contribution in [0.15, 0.2) is 72.5 Å². The zero-order valence-electron chi connectivity index (χ0n) is 16.3. The highest BCUT2D eigenvalue weighted by Gasteiger charge is 2.22. The molecule has 1 aromatic carbocycles. The van der Waals surface area contributed by atoms with E-state index in [0.29, 0.717) is 0 Å². The number of thiophene rings is 1. The Hall–Kier alpha value is -3.39. The van der Waals surface area contributed by atoms with Gasteiger partial charge in [-0.25, -0.2) is 9.07 Å². The van der Waals surface area contributed by atoms with Gasteiger partial charge in [0.1, 0.15) is 5.82 Å². The van der Waals surface area contributed by atoms with E-state index in [1.165, 1.54) is 12.1 Å². The zero-order valence-corrected chi connectivity index (χ0v) is 17.1. The van der Waals surface area contributed by atoms with E-state index in [2.05, 4.69) is 20.6 Å². The number of benzene rings is 1. The Morgan fingerprint density at radius 3 is 2.57 bits per heavy atom. The van der Waals surface area contributed by atoms with Gasteiger partial charge < -0.3 is 5.32 Å². The maximum Gasteiger partial charge on any atom is 0.274 e. The fourth-order valence-electron chi connectivity index (χ4n) is 3.33. The van der Waals surface area contributed by atoms with Gasteiger partial charge in [0.05, 0.1) is 18.3 Å². The summed E-state index contributed by atoms with van der Waals surface area (Å²) in [4.78, 5) is 18.0. The van der Waals surface area contributed by atoms with Crippen molar-refractivity contribution in [2.75, 3.05) is 0 Å². The number of hydrogen-bond acceptors (Lipinski definition) is 5. The van der Waals surface area contributed by atoms with E-state index in [1.807, 2.05) is 36.6 Å². The number of rotatable bonds is 7. The topological polar surface area (TPSA) is 72.7 Å². The molecule has 0 spiro atoms. The summed E-state index contributed by atoms with van der Waals surface area (Å²) in [6.45, 7) is 2.01. The van der Waals surface area contributed by atoms with Crippen molar-refractivity contribution in [2.24, 2.45) is 0 Å². The Morgan fingerprint density at radius 1 is 1.13 bits per heavy atom. The van der Waals surface area contributed by atoms with Crippen molar-refractivity contribution < 1.29 is 9.18 Å². The number of amides is 1. The summed E-state index contributed by atoms with van der Waals surface area (Å²) in [5.41, 5.74) is 2.07. The number of halogens is 1. The largest absolute Gasteiger partial charge is 0.339 e. The molecule has 3 heterocycles. The van der Waals surface area contributed by atoms with E-state index in [0.717, 1.165) is 22.4 Å². The van der Waals surface area contributed by atoms with Crippen LogP contribution in [-0.4, -0.2) is 25.9 Å². The normalized spacial score (nSPS) is 13.0. The first-order valence-corrected chi connectivity index (χ1v) is 10.4. The van der Waals surface area contributed by atoms with Crippen LogP contribution in [0.25, 0.3) is 0 Å². The van der Waals surface area contributed by atoms with Gasteiger partial charge in [0.15, 0.2) is 5.69 Å². The summed E-state index contributed by atoms with van der Waals surface area (Å²) in [6.07, 6.45) is 5.76. The predicted molar refractivity (Wildman–Crippen MR) is 113 cm³/mol. The Kier molecular flexibility index (Phi) is 5.94. The van der Waals surface area contributed by atoms with Crippen LogP contribution in [0.2, 0.25) is 0 Å². The maximum absolute atomic E-state index is 13.3. The van der Waals surface area contributed by atoms with Crippen molar-refractivity contribution >= 4 is 17.2 Å². The van der Waals surface area contributed by atoms with E-state index in [9.17, 15) is 9.18 Å². The molecule has 0 aliphatic carbocycles. The van der Waals surface area contributed by atoms with E-state index in [1.54, 1.807) is 46.7 Å². The SMILES string of the molecule is CC[C@@H](c1ccc(F)cc1)n1cc(C(=O)N[C@H](c2ccncc2)c2cccs2)nn1. The fraction of sp³-hybridized carbons (Fsp3) is 0.182. The van der Waals surface area contributed by atoms with Crippen LogP contribution >= 0.6 is 11.3 Å². The lowest BCUT2D eigenvalue weighted by Crippen LogP contribution is -2.29. The first kappa shape index (κ1) is 19.9. The second-order valence-corrected chi connectivity index (χ2v) is 7.74. The number of nitrogens with one attached hydrogen (secondary N) is 1. The zero-order chi connectivity index (χ0) is 20.9. The molecular weight excluding hydrogens is 401 g/mol. The third kappa shape index (κ3) is 4.28. The highest BCUT2D eigenvalue weighted by molar-refractivity contribution is 7.10. The highest BCUT2D eigenvalue weighted by Crippen LogP contribution is 2.26. The standard InChI is InChI=1S/C22H20FN5OS/c1-2-19(15-5-7-17(23)8-6-15)28-14-18(26-27-28)22(29)25-21(20-4-3-13-30-20)16-9-11-24-12-10-16/h3-14,19,21H,2H2,1H3,(H,25,29)/t19-,21+/m0/s1. The summed E-state index contributed by atoms with van der Waals surface area (Å²) in [5, 5.41) is 13.2. The summed E-state index contributed by atoms with van der Waals surface area (Å²) < 4.78 is 14.9. The Morgan fingerprint density at radius 2 is 1.90 bits per heavy atom. The lowest BCUT2D eigenvalue weighted by atomic mass is 10.0. The van der Waals surface area contributed by atoms with Crippen molar-refractivity contribution in [1.82, 2.24) is 25.3 Å². The molecule has 0 aliphatic rings. The third-order valence-corrected chi connectivity index (χ3v) is 5.78. The van der Waals surface area contributed by atoms with Crippen LogP contribution in [0.4, 0.5) is 4.39 Å². The molecule has 1 N–H and O–H groups in total. The fourth-order valence-corrected chi connectivity index (χ4v) is 4.13. The molecule has 3 aromatic heterocycles. The number of carbonyl (C=O) groups excluding carboxylic acids is 1. The number of pyridine rings is 1. The van der Waals surface area contributed by atoms with Gasteiger partial charge in [-0.3, -0.25) is 9.78 Å². The summed E-state index contributed by atoms with van der Waals surface area (Å²) in [6, 6.07) is 13.5. The van der Waals surface area contributed by atoms with Gasteiger partial charge >= 0.3 is 0 Å². The number of carbonyl (C=O) groups is 1. The van der Waals surface area contributed by atoms with Crippen LogP contribution in [0.3, 0.4) is 0 Å². The third-order valence-electron chi connectivity index (χ3n) is 4.85. The lowest BCUT2D eigenvalue weighted by molar-refractivity contribution is 0.0938. The van der Waals surface area contributed by atoms with Gasteiger partial charge in [-0.15, -0.1) is 16.4 Å². The number of aromatic nitrogens is 4. The summed E-state index contributed by atoms with van der Waals surface area (Å²) in [7, 11) is 0. The molecule has 8 heteroatoms. The second-order valence-electron chi connectivity index (χ2n) is 6.76. The van der Waals surface area contributed by atoms with Gasteiger partial charge in [-0.2, -0.15) is 0 Å². The van der Waals surface area contributed by atoms with E-state index < -0.39 is 0 Å². The minimum Gasteiger partial charge on any atom is -0.339 e. The number of hydrogen-bond donors (Lipinski definition) is 1. The molecule has 6 nitrogen and oxygen atoms in total. The Bertz CT molecular complexity index is 1100. The predicted octanol–water partition coefficient (Wildman–Crippen LogP) is 4.39. The molecule has 0 radical (unpaired) electrons. The minimum absolute atomic E-state index is 0.132. The molecule has 0 unspecified atom stereocenters. The Balaban J connectivity index is 1.56. The van der Waals surface area contributed by atoms with Crippen molar-refractivity contribution in [2.45, 2.75) is 25.4 Å². The Labute approximate surface area is 177 Å². The summed E-state index contributed by atoms with van der Waals surface area (Å²) in [5.74, 6) is -0.603.